The van der Waals surface area contributed by atoms with Crippen LogP contribution in [0.15, 0.2) is 23.2 Å². The SMILES string of the molecule is NC(N)=NCCOc1ccc(Cl)cc1Cl. The summed E-state index contributed by atoms with van der Waals surface area (Å²) in [5.41, 5.74) is 10.3. The Balaban J connectivity index is 2.47. The second kappa shape index (κ2) is 5.68. The van der Waals surface area contributed by atoms with Gasteiger partial charge in [-0.05, 0) is 18.2 Å². The maximum atomic E-state index is 5.88. The number of hydrogen-bond donors (Lipinski definition) is 2. The van der Waals surface area contributed by atoms with E-state index in [9.17, 15) is 0 Å². The van der Waals surface area contributed by atoms with Crippen LogP contribution in [0.25, 0.3) is 0 Å². The van der Waals surface area contributed by atoms with Crippen LogP contribution in [-0.4, -0.2) is 19.1 Å². The van der Waals surface area contributed by atoms with Gasteiger partial charge in [0.15, 0.2) is 5.96 Å². The van der Waals surface area contributed by atoms with E-state index in [0.29, 0.717) is 28.9 Å². The molecule has 0 aliphatic heterocycles. The number of aliphatic imine (C=N–C) groups is 1. The predicted molar refractivity (Wildman–Crippen MR) is 62.6 cm³/mol. The molecule has 0 spiro atoms. The lowest BCUT2D eigenvalue weighted by Crippen LogP contribution is -2.23. The van der Waals surface area contributed by atoms with Gasteiger partial charge >= 0.3 is 0 Å². The topological polar surface area (TPSA) is 73.6 Å². The molecule has 82 valence electrons. The first-order valence-electron chi connectivity index (χ1n) is 4.23. The molecule has 0 saturated heterocycles. The summed E-state index contributed by atoms with van der Waals surface area (Å²) < 4.78 is 5.33. The first kappa shape index (κ1) is 11.9. The number of halogens is 2. The van der Waals surface area contributed by atoms with E-state index in [1.54, 1.807) is 18.2 Å². The zero-order chi connectivity index (χ0) is 11.3. The zero-order valence-electron chi connectivity index (χ0n) is 7.91. The minimum Gasteiger partial charge on any atom is -0.490 e. The zero-order valence-corrected chi connectivity index (χ0v) is 9.42. The highest BCUT2D eigenvalue weighted by molar-refractivity contribution is 6.35. The van der Waals surface area contributed by atoms with E-state index >= 15 is 0 Å². The summed E-state index contributed by atoms with van der Waals surface area (Å²) >= 11 is 11.6. The lowest BCUT2D eigenvalue weighted by atomic mass is 10.3. The van der Waals surface area contributed by atoms with Gasteiger partial charge in [0, 0.05) is 5.02 Å². The first-order chi connectivity index (χ1) is 7.09. The van der Waals surface area contributed by atoms with E-state index in [-0.39, 0.29) is 5.96 Å². The van der Waals surface area contributed by atoms with Crippen LogP contribution in [0, 0.1) is 0 Å². The fraction of sp³-hybridized carbons (Fsp3) is 0.222. The molecular formula is C9H11Cl2N3O. The summed E-state index contributed by atoms with van der Waals surface area (Å²) in [6, 6.07) is 5.00. The summed E-state index contributed by atoms with van der Waals surface area (Å²) in [5, 5.41) is 1.03. The summed E-state index contributed by atoms with van der Waals surface area (Å²) in [7, 11) is 0. The fourth-order valence-corrected chi connectivity index (χ4v) is 1.39. The molecule has 0 fully saturated rings. The van der Waals surface area contributed by atoms with Gasteiger partial charge < -0.3 is 16.2 Å². The molecule has 0 radical (unpaired) electrons. The number of rotatable bonds is 4. The van der Waals surface area contributed by atoms with Crippen molar-refractivity contribution in [1.82, 2.24) is 0 Å². The second-order valence-corrected chi connectivity index (χ2v) is 3.57. The molecule has 1 aromatic rings. The van der Waals surface area contributed by atoms with Gasteiger partial charge in [0.2, 0.25) is 0 Å². The highest BCUT2D eigenvalue weighted by atomic mass is 35.5. The van der Waals surface area contributed by atoms with Crippen molar-refractivity contribution in [2.45, 2.75) is 0 Å². The Morgan fingerprint density at radius 3 is 2.67 bits per heavy atom. The van der Waals surface area contributed by atoms with Crippen LogP contribution in [0.2, 0.25) is 10.0 Å². The summed E-state index contributed by atoms with van der Waals surface area (Å²) in [5.74, 6) is 0.604. The predicted octanol–water partition coefficient (Wildman–Crippen LogP) is 1.65. The van der Waals surface area contributed by atoms with Crippen molar-refractivity contribution in [3.05, 3.63) is 28.2 Å². The van der Waals surface area contributed by atoms with Gasteiger partial charge in [-0.2, -0.15) is 0 Å². The Morgan fingerprint density at radius 1 is 1.33 bits per heavy atom. The van der Waals surface area contributed by atoms with Crippen LogP contribution >= 0.6 is 23.2 Å². The van der Waals surface area contributed by atoms with Crippen molar-refractivity contribution in [3.63, 3.8) is 0 Å². The quantitative estimate of drug-likeness (QED) is 0.483. The number of nitrogens with zero attached hydrogens (tertiary/aromatic N) is 1. The molecule has 4 nitrogen and oxygen atoms in total. The van der Waals surface area contributed by atoms with Crippen LogP contribution < -0.4 is 16.2 Å². The number of nitrogens with two attached hydrogens (primary N) is 2. The van der Waals surface area contributed by atoms with E-state index in [2.05, 4.69) is 4.99 Å². The minimum absolute atomic E-state index is 0.0424. The number of hydrogen-bond acceptors (Lipinski definition) is 2. The minimum atomic E-state index is 0.0424. The number of guanidine groups is 1. The highest BCUT2D eigenvalue weighted by Gasteiger charge is 2.01. The maximum Gasteiger partial charge on any atom is 0.186 e. The Hall–Kier alpha value is -1.13. The Labute approximate surface area is 97.8 Å². The van der Waals surface area contributed by atoms with Gasteiger partial charge in [-0.15, -0.1) is 0 Å². The van der Waals surface area contributed by atoms with Crippen LogP contribution in [0.5, 0.6) is 5.75 Å². The molecule has 4 N–H and O–H groups in total. The monoisotopic (exact) mass is 247 g/mol. The van der Waals surface area contributed by atoms with E-state index in [1.807, 2.05) is 0 Å². The maximum absolute atomic E-state index is 5.88. The molecule has 15 heavy (non-hydrogen) atoms. The Bertz CT molecular complexity index is 364. The van der Waals surface area contributed by atoms with Crippen molar-refractivity contribution in [2.75, 3.05) is 13.2 Å². The van der Waals surface area contributed by atoms with Gasteiger partial charge in [0.1, 0.15) is 12.4 Å². The average molecular weight is 248 g/mol. The molecular weight excluding hydrogens is 237 g/mol. The van der Waals surface area contributed by atoms with Crippen molar-refractivity contribution < 1.29 is 4.74 Å². The van der Waals surface area contributed by atoms with E-state index < -0.39 is 0 Å². The van der Waals surface area contributed by atoms with Crippen LogP contribution in [0.1, 0.15) is 0 Å². The molecule has 0 aromatic heterocycles. The van der Waals surface area contributed by atoms with Gasteiger partial charge in [0.05, 0.1) is 11.6 Å². The first-order valence-corrected chi connectivity index (χ1v) is 4.98. The third-order valence-corrected chi connectivity index (χ3v) is 2.07. The molecule has 0 aliphatic rings. The van der Waals surface area contributed by atoms with E-state index in [1.165, 1.54) is 0 Å². The molecule has 1 rings (SSSR count). The fourth-order valence-electron chi connectivity index (χ4n) is 0.923. The average Bonchev–Trinajstić information content (AvgIpc) is 2.14. The number of benzene rings is 1. The van der Waals surface area contributed by atoms with Gasteiger partial charge in [0.25, 0.3) is 0 Å². The van der Waals surface area contributed by atoms with E-state index in [4.69, 9.17) is 39.4 Å². The highest BCUT2D eigenvalue weighted by Crippen LogP contribution is 2.27. The molecule has 0 aliphatic carbocycles. The van der Waals surface area contributed by atoms with Crippen LogP contribution in [0.3, 0.4) is 0 Å². The second-order valence-electron chi connectivity index (χ2n) is 2.73. The summed E-state index contributed by atoms with van der Waals surface area (Å²) in [6.45, 7) is 0.751. The standard InChI is InChI=1S/C9H11Cl2N3O/c10-6-1-2-8(7(11)5-6)15-4-3-14-9(12)13/h1-2,5H,3-4H2,(H4,12,13,14). The molecule has 0 saturated carbocycles. The lowest BCUT2D eigenvalue weighted by molar-refractivity contribution is 0.329. The molecule has 0 amide bonds. The van der Waals surface area contributed by atoms with Crippen LogP contribution in [0.4, 0.5) is 0 Å². The smallest absolute Gasteiger partial charge is 0.186 e. The van der Waals surface area contributed by atoms with Gasteiger partial charge in [-0.3, -0.25) is 4.99 Å². The molecule has 6 heteroatoms. The Kier molecular flexibility index (Phi) is 4.52. The molecule has 1 aromatic carbocycles. The molecule has 0 bridgehead atoms. The molecule has 0 atom stereocenters. The van der Waals surface area contributed by atoms with Crippen LogP contribution in [-0.2, 0) is 0 Å². The van der Waals surface area contributed by atoms with Crippen molar-refractivity contribution in [1.29, 1.82) is 0 Å². The van der Waals surface area contributed by atoms with Crippen molar-refractivity contribution >= 4 is 29.2 Å². The third-order valence-electron chi connectivity index (χ3n) is 1.54. The van der Waals surface area contributed by atoms with E-state index in [0.717, 1.165) is 0 Å². The van der Waals surface area contributed by atoms with Gasteiger partial charge in [-0.25, -0.2) is 0 Å². The number of ether oxygens (including phenoxy) is 1. The third kappa shape index (κ3) is 4.27. The van der Waals surface area contributed by atoms with Gasteiger partial charge in [-0.1, -0.05) is 23.2 Å². The Morgan fingerprint density at radius 2 is 2.07 bits per heavy atom. The molecule has 0 unspecified atom stereocenters. The summed E-state index contributed by atoms with van der Waals surface area (Å²) in [4.78, 5) is 3.76. The van der Waals surface area contributed by atoms with Crippen molar-refractivity contribution in [3.8, 4) is 5.75 Å². The lowest BCUT2D eigenvalue weighted by Gasteiger charge is -2.06. The normalized spacial score (nSPS) is 9.73. The van der Waals surface area contributed by atoms with Crippen molar-refractivity contribution in [2.24, 2.45) is 16.5 Å². The summed E-state index contributed by atoms with van der Waals surface area (Å²) in [6.07, 6.45) is 0. The molecule has 0 heterocycles. The largest absolute Gasteiger partial charge is 0.490 e.